The van der Waals surface area contributed by atoms with E-state index >= 15 is 0 Å². The molecule has 0 unspecified atom stereocenters. The van der Waals surface area contributed by atoms with Crippen LogP contribution in [-0.2, 0) is 0 Å². The molecule has 4 rings (SSSR count). The molecule has 21 heavy (non-hydrogen) atoms. The molecule has 2 nitrogen and oxygen atoms in total. The quantitative estimate of drug-likeness (QED) is 0.730. The van der Waals surface area contributed by atoms with E-state index in [0.29, 0.717) is 0 Å². The van der Waals surface area contributed by atoms with Gasteiger partial charge in [0, 0.05) is 17.0 Å². The summed E-state index contributed by atoms with van der Waals surface area (Å²) in [7, 11) is 0. The summed E-state index contributed by atoms with van der Waals surface area (Å²) in [5.41, 5.74) is 2.28. The number of hydrogen-bond acceptors (Lipinski definition) is 3. The lowest BCUT2D eigenvalue weighted by molar-refractivity contribution is 0.629. The van der Waals surface area contributed by atoms with Crippen LogP contribution in [0.4, 0.5) is 4.39 Å². The average Bonchev–Trinajstić information content (AvgIpc) is 2.98. The minimum absolute atomic E-state index is 0. The topological polar surface area (TPSA) is 15.6 Å². The molecule has 0 saturated heterocycles. The molecular formula is C16H14BrFN2S. The Morgan fingerprint density at radius 1 is 1.24 bits per heavy atom. The molecule has 0 aliphatic carbocycles. The van der Waals surface area contributed by atoms with E-state index in [0.717, 1.165) is 34.6 Å². The molecule has 0 radical (unpaired) electrons. The third-order valence-corrected chi connectivity index (χ3v) is 4.78. The molecule has 0 bridgehead atoms. The van der Waals surface area contributed by atoms with Crippen LogP contribution < -0.4 is 0 Å². The summed E-state index contributed by atoms with van der Waals surface area (Å²) in [6, 6.07) is 11.1. The molecular weight excluding hydrogens is 351 g/mol. The fourth-order valence-corrected chi connectivity index (χ4v) is 3.92. The monoisotopic (exact) mass is 364 g/mol. The molecule has 0 N–H and O–H groups in total. The van der Waals surface area contributed by atoms with Crippen LogP contribution in [0.5, 0.6) is 0 Å². The summed E-state index contributed by atoms with van der Waals surface area (Å²) in [5, 5.41) is 3.11. The van der Waals surface area contributed by atoms with Crippen LogP contribution in [0.1, 0.15) is 12.5 Å². The van der Waals surface area contributed by atoms with Crippen LogP contribution in [0.2, 0.25) is 0 Å². The standard InChI is InChI=1S/C16H13FN2S.BrH/c1-10-15(19-8-7-18-16(19)20-10)13-4-2-3-11-5-6-12(17)9-14(11)13;/h2-6,9H,7-8H2,1H3;1H. The van der Waals surface area contributed by atoms with Crippen LogP contribution >= 0.6 is 28.7 Å². The maximum atomic E-state index is 13.6. The van der Waals surface area contributed by atoms with Crippen LogP contribution in [0.3, 0.4) is 0 Å². The van der Waals surface area contributed by atoms with Crippen LogP contribution in [-0.4, -0.2) is 23.2 Å². The summed E-state index contributed by atoms with van der Waals surface area (Å²) < 4.78 is 13.6. The highest BCUT2D eigenvalue weighted by Crippen LogP contribution is 2.43. The predicted octanol–water partition coefficient (Wildman–Crippen LogP) is 4.66. The van der Waals surface area contributed by atoms with E-state index in [1.165, 1.54) is 16.7 Å². The van der Waals surface area contributed by atoms with E-state index < -0.39 is 0 Å². The van der Waals surface area contributed by atoms with Crippen molar-refractivity contribution in [1.29, 1.82) is 0 Å². The third kappa shape index (κ3) is 2.28. The van der Waals surface area contributed by atoms with Crippen molar-refractivity contribution in [1.82, 2.24) is 4.90 Å². The first kappa shape index (κ1) is 14.6. The predicted molar refractivity (Wildman–Crippen MR) is 93.4 cm³/mol. The van der Waals surface area contributed by atoms with E-state index in [9.17, 15) is 4.39 Å². The summed E-state index contributed by atoms with van der Waals surface area (Å²) >= 11 is 1.71. The molecule has 5 heteroatoms. The fourth-order valence-electron chi connectivity index (χ4n) is 2.88. The molecule has 108 valence electrons. The highest BCUT2D eigenvalue weighted by Gasteiger charge is 2.31. The summed E-state index contributed by atoms with van der Waals surface area (Å²) in [4.78, 5) is 8.00. The normalized spacial score (nSPS) is 17.0. The zero-order valence-corrected chi connectivity index (χ0v) is 14.0. The van der Waals surface area contributed by atoms with Gasteiger partial charge in [-0.05, 0) is 29.8 Å². The number of thioether (sulfide) groups is 1. The Morgan fingerprint density at radius 3 is 2.95 bits per heavy atom. The Morgan fingerprint density at radius 2 is 2.10 bits per heavy atom. The number of rotatable bonds is 1. The number of hydrogen-bond donors (Lipinski definition) is 0. The molecule has 2 aromatic carbocycles. The van der Waals surface area contributed by atoms with Crippen molar-refractivity contribution in [3.63, 3.8) is 0 Å². The van der Waals surface area contributed by atoms with Crippen LogP contribution in [0, 0.1) is 5.82 Å². The number of amidine groups is 1. The van der Waals surface area contributed by atoms with E-state index in [1.54, 1.807) is 17.8 Å². The lowest BCUT2D eigenvalue weighted by Gasteiger charge is -2.18. The molecule has 0 spiro atoms. The molecule has 0 fully saturated rings. The average molecular weight is 365 g/mol. The molecule has 0 aromatic heterocycles. The van der Waals surface area contributed by atoms with Crippen LogP contribution in [0.15, 0.2) is 46.3 Å². The minimum Gasteiger partial charge on any atom is -0.318 e. The van der Waals surface area contributed by atoms with Gasteiger partial charge in [0.05, 0.1) is 12.2 Å². The van der Waals surface area contributed by atoms with E-state index in [-0.39, 0.29) is 22.8 Å². The number of benzene rings is 2. The first-order valence-corrected chi connectivity index (χ1v) is 7.45. The number of halogens is 2. The fraction of sp³-hybridized carbons (Fsp3) is 0.188. The maximum absolute atomic E-state index is 13.6. The number of allylic oxidation sites excluding steroid dienone is 1. The largest absolute Gasteiger partial charge is 0.318 e. The molecule has 0 amide bonds. The van der Waals surface area contributed by atoms with Crippen molar-refractivity contribution in [2.75, 3.05) is 13.1 Å². The summed E-state index contributed by atoms with van der Waals surface area (Å²) in [6.07, 6.45) is 0. The smallest absolute Gasteiger partial charge is 0.168 e. The van der Waals surface area contributed by atoms with E-state index in [4.69, 9.17) is 0 Å². The van der Waals surface area contributed by atoms with Gasteiger partial charge >= 0.3 is 0 Å². The van der Waals surface area contributed by atoms with Gasteiger partial charge in [-0.15, -0.1) is 17.0 Å². The highest BCUT2D eigenvalue weighted by atomic mass is 79.9. The van der Waals surface area contributed by atoms with Crippen LogP contribution in [0.25, 0.3) is 16.5 Å². The van der Waals surface area contributed by atoms with Crippen molar-refractivity contribution >= 4 is 50.4 Å². The Hall–Kier alpha value is -1.33. The Labute approximate surface area is 137 Å². The van der Waals surface area contributed by atoms with Crippen molar-refractivity contribution < 1.29 is 4.39 Å². The van der Waals surface area contributed by atoms with Gasteiger partial charge < -0.3 is 4.90 Å². The van der Waals surface area contributed by atoms with Gasteiger partial charge in [-0.3, -0.25) is 4.99 Å². The SMILES string of the molecule is Br.CC1=C(c2cccc3ccc(F)cc23)N2CCN=C2S1. The highest BCUT2D eigenvalue weighted by molar-refractivity contribution is 8.93. The molecule has 2 aliphatic heterocycles. The van der Waals surface area contributed by atoms with Gasteiger partial charge in [0.15, 0.2) is 5.17 Å². The van der Waals surface area contributed by atoms with Crippen molar-refractivity contribution in [2.24, 2.45) is 4.99 Å². The van der Waals surface area contributed by atoms with Gasteiger partial charge in [0.25, 0.3) is 0 Å². The van der Waals surface area contributed by atoms with Gasteiger partial charge in [0.2, 0.25) is 0 Å². The van der Waals surface area contributed by atoms with E-state index in [1.807, 2.05) is 18.2 Å². The number of nitrogens with zero attached hydrogens (tertiary/aromatic N) is 2. The zero-order valence-electron chi connectivity index (χ0n) is 11.5. The van der Waals surface area contributed by atoms with Crippen molar-refractivity contribution in [3.8, 4) is 0 Å². The first-order valence-electron chi connectivity index (χ1n) is 6.63. The molecule has 2 heterocycles. The first-order chi connectivity index (χ1) is 9.74. The maximum Gasteiger partial charge on any atom is 0.168 e. The van der Waals surface area contributed by atoms with E-state index in [2.05, 4.69) is 22.9 Å². The second-order valence-electron chi connectivity index (χ2n) is 4.99. The molecule has 2 aliphatic rings. The molecule has 2 aromatic rings. The van der Waals surface area contributed by atoms with Gasteiger partial charge in [-0.2, -0.15) is 0 Å². The van der Waals surface area contributed by atoms with Gasteiger partial charge in [0.1, 0.15) is 5.82 Å². The Balaban J connectivity index is 0.00000132. The Bertz CT molecular complexity index is 785. The zero-order chi connectivity index (χ0) is 13.7. The Kier molecular flexibility index (Phi) is 3.80. The van der Waals surface area contributed by atoms with Gasteiger partial charge in [-0.25, -0.2) is 4.39 Å². The molecule has 0 saturated carbocycles. The second-order valence-corrected chi connectivity index (χ2v) is 6.18. The lowest BCUT2D eigenvalue weighted by Crippen LogP contribution is -2.20. The summed E-state index contributed by atoms with van der Waals surface area (Å²) in [5.74, 6) is -0.191. The minimum atomic E-state index is -0.191. The number of aliphatic imine (C=N–C) groups is 1. The number of fused-ring (bicyclic) bond motifs is 2. The van der Waals surface area contributed by atoms with Gasteiger partial charge in [-0.1, -0.05) is 36.0 Å². The van der Waals surface area contributed by atoms with Crippen molar-refractivity contribution in [3.05, 3.63) is 52.7 Å². The van der Waals surface area contributed by atoms with Crippen molar-refractivity contribution in [2.45, 2.75) is 6.92 Å². The third-order valence-electron chi connectivity index (χ3n) is 3.75. The molecule has 0 atom stereocenters. The second kappa shape index (κ2) is 5.46. The summed E-state index contributed by atoms with van der Waals surface area (Å²) in [6.45, 7) is 3.87. The lowest BCUT2D eigenvalue weighted by atomic mass is 10.0.